The van der Waals surface area contributed by atoms with Crippen molar-refractivity contribution in [3.05, 3.63) is 35.4 Å². The van der Waals surface area contributed by atoms with Crippen molar-refractivity contribution in [1.82, 2.24) is 0 Å². The van der Waals surface area contributed by atoms with Gasteiger partial charge >= 0.3 is 5.97 Å². The summed E-state index contributed by atoms with van der Waals surface area (Å²) in [5, 5.41) is 8.40. The van der Waals surface area contributed by atoms with Crippen molar-refractivity contribution < 1.29 is 9.90 Å². The summed E-state index contributed by atoms with van der Waals surface area (Å²) in [6.07, 6.45) is 2.10. The first-order chi connectivity index (χ1) is 7.22. The monoisotopic (exact) mass is 202 g/mol. The van der Waals surface area contributed by atoms with Crippen molar-refractivity contribution in [3.63, 3.8) is 0 Å². The zero-order chi connectivity index (χ0) is 11.1. The summed E-state index contributed by atoms with van der Waals surface area (Å²) in [7, 11) is 0. The van der Waals surface area contributed by atoms with Crippen LogP contribution in [0.3, 0.4) is 0 Å². The van der Waals surface area contributed by atoms with Crippen LogP contribution < -0.4 is 0 Å². The highest BCUT2D eigenvalue weighted by Crippen LogP contribution is 2.05. The largest absolute Gasteiger partial charge is 0.481 e. The van der Waals surface area contributed by atoms with Crippen LogP contribution in [0.1, 0.15) is 30.9 Å². The van der Waals surface area contributed by atoms with Gasteiger partial charge in [-0.05, 0) is 24.1 Å². The van der Waals surface area contributed by atoms with Gasteiger partial charge in [0.2, 0.25) is 0 Å². The molecule has 78 valence electrons. The summed E-state index contributed by atoms with van der Waals surface area (Å²) < 4.78 is 0. The number of rotatable bonds is 3. The van der Waals surface area contributed by atoms with Crippen LogP contribution in [0.15, 0.2) is 24.3 Å². The minimum absolute atomic E-state index is 0.100. The van der Waals surface area contributed by atoms with Gasteiger partial charge in [-0.3, -0.25) is 4.79 Å². The molecule has 0 spiro atoms. The van der Waals surface area contributed by atoms with E-state index in [-0.39, 0.29) is 6.42 Å². The third-order valence-corrected chi connectivity index (χ3v) is 1.96. The maximum atomic E-state index is 10.2. The number of carboxylic acids is 1. The van der Waals surface area contributed by atoms with Gasteiger partial charge in [-0.1, -0.05) is 37.3 Å². The fraction of sp³-hybridized carbons (Fsp3) is 0.308. The second kappa shape index (κ2) is 5.87. The van der Waals surface area contributed by atoms with Gasteiger partial charge in [-0.15, -0.1) is 0 Å². The zero-order valence-electron chi connectivity index (χ0n) is 8.79. The summed E-state index contributed by atoms with van der Waals surface area (Å²) in [6, 6.07) is 7.93. The van der Waals surface area contributed by atoms with Gasteiger partial charge in [0.05, 0.1) is 0 Å². The molecule has 0 heterocycles. The Hall–Kier alpha value is -1.75. The van der Waals surface area contributed by atoms with Crippen molar-refractivity contribution in [3.8, 4) is 11.8 Å². The number of aryl methyl sites for hydroxylation is 1. The molecule has 0 saturated heterocycles. The Morgan fingerprint density at radius 1 is 1.33 bits per heavy atom. The van der Waals surface area contributed by atoms with E-state index >= 15 is 0 Å². The molecule has 1 aromatic rings. The van der Waals surface area contributed by atoms with Gasteiger partial charge in [-0.2, -0.15) is 0 Å². The molecule has 0 amide bonds. The van der Waals surface area contributed by atoms with Crippen molar-refractivity contribution in [2.75, 3.05) is 0 Å². The Balaban J connectivity index is 2.62. The fourth-order valence-electron chi connectivity index (χ4n) is 1.27. The molecular weight excluding hydrogens is 188 g/mol. The predicted molar refractivity (Wildman–Crippen MR) is 59.6 cm³/mol. The predicted octanol–water partition coefficient (Wildman–Crippen LogP) is 2.47. The average molecular weight is 202 g/mol. The number of aliphatic carboxylic acids is 1. The summed E-state index contributed by atoms with van der Waals surface area (Å²) in [4.78, 5) is 10.2. The fourth-order valence-corrected chi connectivity index (χ4v) is 1.27. The van der Waals surface area contributed by atoms with Crippen LogP contribution >= 0.6 is 0 Å². The lowest BCUT2D eigenvalue weighted by atomic mass is 10.1. The normalized spacial score (nSPS) is 9.13. The molecule has 0 saturated carbocycles. The van der Waals surface area contributed by atoms with Crippen LogP contribution in [0.4, 0.5) is 0 Å². The third kappa shape index (κ3) is 4.33. The highest BCUT2D eigenvalue weighted by molar-refractivity contribution is 5.70. The molecule has 0 unspecified atom stereocenters. The van der Waals surface area contributed by atoms with Crippen LogP contribution in [0.25, 0.3) is 0 Å². The van der Waals surface area contributed by atoms with Crippen LogP contribution in [0, 0.1) is 11.8 Å². The van der Waals surface area contributed by atoms with E-state index in [4.69, 9.17) is 5.11 Å². The van der Waals surface area contributed by atoms with Crippen molar-refractivity contribution in [2.24, 2.45) is 0 Å². The van der Waals surface area contributed by atoms with Crippen LogP contribution in [-0.4, -0.2) is 11.1 Å². The van der Waals surface area contributed by atoms with Crippen molar-refractivity contribution in [2.45, 2.75) is 26.2 Å². The summed E-state index contributed by atoms with van der Waals surface area (Å²) >= 11 is 0. The lowest BCUT2D eigenvalue weighted by Gasteiger charge is -1.97. The van der Waals surface area contributed by atoms with E-state index in [1.165, 1.54) is 5.56 Å². The Morgan fingerprint density at radius 3 is 2.53 bits per heavy atom. The van der Waals surface area contributed by atoms with E-state index in [1.54, 1.807) is 0 Å². The molecule has 0 fully saturated rings. The number of carboxylic acid groups (broad SMARTS) is 1. The summed E-state index contributed by atoms with van der Waals surface area (Å²) in [5.41, 5.74) is 2.16. The molecule has 1 aromatic carbocycles. The van der Waals surface area contributed by atoms with Crippen LogP contribution in [0.5, 0.6) is 0 Å². The molecule has 0 bridgehead atoms. The number of hydrogen-bond donors (Lipinski definition) is 1. The Labute approximate surface area is 89.9 Å². The van der Waals surface area contributed by atoms with E-state index in [9.17, 15) is 4.79 Å². The van der Waals surface area contributed by atoms with E-state index < -0.39 is 5.97 Å². The molecular formula is C13H14O2. The molecule has 15 heavy (non-hydrogen) atoms. The smallest absolute Gasteiger partial charge is 0.315 e. The molecule has 0 radical (unpaired) electrons. The zero-order valence-corrected chi connectivity index (χ0v) is 8.79. The topological polar surface area (TPSA) is 37.3 Å². The highest BCUT2D eigenvalue weighted by atomic mass is 16.4. The van der Waals surface area contributed by atoms with Gasteiger partial charge in [0.25, 0.3) is 0 Å². The molecule has 2 heteroatoms. The van der Waals surface area contributed by atoms with Crippen molar-refractivity contribution in [1.29, 1.82) is 0 Å². The van der Waals surface area contributed by atoms with Crippen molar-refractivity contribution >= 4 is 5.97 Å². The SMILES string of the molecule is CCCc1ccc(C#CCC(=O)O)cc1. The minimum atomic E-state index is -0.884. The second-order valence-electron chi connectivity index (χ2n) is 3.32. The number of hydrogen-bond acceptors (Lipinski definition) is 1. The lowest BCUT2D eigenvalue weighted by Crippen LogP contribution is -1.90. The molecule has 0 aliphatic rings. The van der Waals surface area contributed by atoms with E-state index in [1.807, 2.05) is 24.3 Å². The third-order valence-electron chi connectivity index (χ3n) is 1.96. The van der Waals surface area contributed by atoms with Crippen LogP contribution in [0.2, 0.25) is 0 Å². The van der Waals surface area contributed by atoms with Gasteiger partial charge in [-0.25, -0.2) is 0 Å². The van der Waals surface area contributed by atoms with E-state index in [2.05, 4.69) is 18.8 Å². The van der Waals surface area contributed by atoms with Gasteiger partial charge in [0.15, 0.2) is 0 Å². The molecule has 1 rings (SSSR count). The maximum absolute atomic E-state index is 10.2. The maximum Gasteiger partial charge on any atom is 0.315 e. The second-order valence-corrected chi connectivity index (χ2v) is 3.32. The minimum Gasteiger partial charge on any atom is -0.481 e. The van der Waals surface area contributed by atoms with Gasteiger partial charge in [0.1, 0.15) is 6.42 Å². The molecule has 0 aliphatic carbocycles. The molecule has 0 atom stereocenters. The summed E-state index contributed by atoms with van der Waals surface area (Å²) in [6.45, 7) is 2.14. The first-order valence-electron chi connectivity index (χ1n) is 5.02. The Bertz CT molecular complexity index is 379. The first kappa shape index (κ1) is 11.3. The number of carbonyl (C=O) groups is 1. The Kier molecular flexibility index (Phi) is 4.43. The van der Waals surface area contributed by atoms with Crippen LogP contribution in [-0.2, 0) is 11.2 Å². The first-order valence-corrected chi connectivity index (χ1v) is 5.02. The Morgan fingerprint density at radius 2 is 2.00 bits per heavy atom. The van der Waals surface area contributed by atoms with Gasteiger partial charge in [0, 0.05) is 5.56 Å². The molecule has 1 N–H and O–H groups in total. The average Bonchev–Trinajstić information content (AvgIpc) is 2.20. The lowest BCUT2D eigenvalue weighted by molar-refractivity contribution is -0.135. The highest BCUT2D eigenvalue weighted by Gasteiger charge is 1.92. The molecule has 0 aliphatic heterocycles. The van der Waals surface area contributed by atoms with Gasteiger partial charge < -0.3 is 5.11 Å². The standard InChI is InChI=1S/C13H14O2/c1-2-4-11-7-9-12(10-8-11)5-3-6-13(14)15/h7-10H,2,4,6H2,1H3,(H,14,15). The van der Waals surface area contributed by atoms with E-state index in [0.29, 0.717) is 0 Å². The summed E-state index contributed by atoms with van der Waals surface area (Å²) in [5.74, 6) is 4.53. The number of benzene rings is 1. The molecule has 0 aromatic heterocycles. The molecule has 2 nitrogen and oxygen atoms in total. The van der Waals surface area contributed by atoms with E-state index in [0.717, 1.165) is 18.4 Å². The quantitative estimate of drug-likeness (QED) is 0.764.